The zero-order valence-corrected chi connectivity index (χ0v) is 12.3. The third kappa shape index (κ3) is 3.07. The molecule has 0 atom stereocenters. The molecule has 0 fully saturated rings. The molecule has 0 unspecified atom stereocenters. The lowest BCUT2D eigenvalue weighted by Crippen LogP contribution is -2.31. The minimum Gasteiger partial charge on any atom is -0.497 e. The van der Waals surface area contributed by atoms with Gasteiger partial charge in [-0.2, -0.15) is 0 Å². The van der Waals surface area contributed by atoms with Gasteiger partial charge >= 0.3 is 0 Å². The van der Waals surface area contributed by atoms with Crippen molar-refractivity contribution in [3.05, 3.63) is 47.3 Å². The molecular formula is C16H22N2O2. The van der Waals surface area contributed by atoms with Crippen molar-refractivity contribution in [1.82, 2.24) is 4.90 Å². The number of ether oxygens (including phenoxy) is 2. The highest BCUT2D eigenvalue weighted by molar-refractivity contribution is 5.41. The average molecular weight is 274 g/mol. The third-order valence-electron chi connectivity index (χ3n) is 3.56. The molecule has 1 aromatic carbocycles. The lowest BCUT2D eigenvalue weighted by atomic mass is 10.1. The van der Waals surface area contributed by atoms with Crippen molar-refractivity contribution in [2.24, 2.45) is 5.73 Å². The van der Waals surface area contributed by atoms with Gasteiger partial charge in [-0.3, -0.25) is 0 Å². The average Bonchev–Trinajstić information content (AvgIpc) is 2.49. The van der Waals surface area contributed by atoms with Crippen molar-refractivity contribution in [2.75, 3.05) is 20.8 Å². The van der Waals surface area contributed by atoms with E-state index in [-0.39, 0.29) is 0 Å². The van der Waals surface area contributed by atoms with E-state index in [4.69, 9.17) is 15.2 Å². The molecule has 2 N–H and O–H groups in total. The quantitative estimate of drug-likeness (QED) is 0.896. The molecule has 0 aromatic heterocycles. The van der Waals surface area contributed by atoms with Gasteiger partial charge in [-0.25, -0.2) is 0 Å². The molecule has 1 heterocycles. The molecule has 0 spiro atoms. The predicted molar refractivity (Wildman–Crippen MR) is 80.6 cm³/mol. The highest BCUT2D eigenvalue weighted by atomic mass is 16.5. The van der Waals surface area contributed by atoms with Crippen molar-refractivity contribution in [3.8, 4) is 11.5 Å². The van der Waals surface area contributed by atoms with Crippen molar-refractivity contribution in [2.45, 2.75) is 19.9 Å². The van der Waals surface area contributed by atoms with E-state index in [0.717, 1.165) is 42.4 Å². The summed E-state index contributed by atoms with van der Waals surface area (Å²) in [7, 11) is 3.32. The molecule has 1 aromatic rings. The van der Waals surface area contributed by atoms with Gasteiger partial charge in [-0.15, -0.1) is 0 Å². The zero-order valence-electron chi connectivity index (χ0n) is 12.3. The van der Waals surface area contributed by atoms with Crippen molar-refractivity contribution in [3.63, 3.8) is 0 Å². The molecule has 0 saturated heterocycles. The molecule has 0 radical (unpaired) electrons. The summed E-state index contributed by atoms with van der Waals surface area (Å²) >= 11 is 0. The van der Waals surface area contributed by atoms with Crippen LogP contribution in [0.25, 0.3) is 0 Å². The predicted octanol–water partition coefficient (Wildman–Crippen LogP) is 2.66. The second-order valence-electron chi connectivity index (χ2n) is 4.80. The Hall–Kier alpha value is -2.10. The SMILES string of the molecule is CCC1=CC=C(N)N(Cc2ccc(OC)cc2OC)C1. The standard InChI is InChI=1S/C16H22N2O2/c1-4-12-5-8-16(17)18(10-12)11-13-6-7-14(19-2)9-15(13)20-3/h5-9H,4,10-11,17H2,1-3H3. The highest BCUT2D eigenvalue weighted by Gasteiger charge is 2.15. The van der Waals surface area contributed by atoms with Crippen LogP contribution >= 0.6 is 0 Å². The molecule has 2 rings (SSSR count). The van der Waals surface area contributed by atoms with Gasteiger partial charge in [0.1, 0.15) is 11.5 Å². The Balaban J connectivity index is 2.18. The van der Waals surface area contributed by atoms with E-state index in [1.807, 2.05) is 24.3 Å². The molecule has 108 valence electrons. The monoisotopic (exact) mass is 274 g/mol. The molecule has 0 aliphatic carbocycles. The molecule has 0 saturated carbocycles. The first-order valence-corrected chi connectivity index (χ1v) is 6.79. The largest absolute Gasteiger partial charge is 0.497 e. The lowest BCUT2D eigenvalue weighted by Gasteiger charge is -2.29. The Bertz CT molecular complexity index is 535. The van der Waals surface area contributed by atoms with E-state index in [1.165, 1.54) is 5.57 Å². The molecule has 1 aliphatic rings. The van der Waals surface area contributed by atoms with Crippen LogP contribution in [0.2, 0.25) is 0 Å². The van der Waals surface area contributed by atoms with Crippen LogP contribution in [0, 0.1) is 0 Å². The maximum Gasteiger partial charge on any atom is 0.127 e. The molecule has 0 amide bonds. The summed E-state index contributed by atoms with van der Waals surface area (Å²) in [5, 5.41) is 0. The zero-order chi connectivity index (χ0) is 14.5. The smallest absolute Gasteiger partial charge is 0.127 e. The maximum absolute atomic E-state index is 6.07. The number of hydrogen-bond acceptors (Lipinski definition) is 4. The summed E-state index contributed by atoms with van der Waals surface area (Å²) in [4.78, 5) is 2.16. The van der Waals surface area contributed by atoms with Gasteiger partial charge in [0, 0.05) is 24.7 Å². The molecular weight excluding hydrogens is 252 g/mol. The van der Waals surface area contributed by atoms with E-state index in [2.05, 4.69) is 17.9 Å². The molecule has 1 aliphatic heterocycles. The number of nitrogens with zero attached hydrogens (tertiary/aromatic N) is 1. The van der Waals surface area contributed by atoms with Gasteiger partial charge < -0.3 is 20.1 Å². The van der Waals surface area contributed by atoms with Crippen LogP contribution < -0.4 is 15.2 Å². The van der Waals surface area contributed by atoms with Crippen LogP contribution in [0.15, 0.2) is 41.7 Å². The van der Waals surface area contributed by atoms with Crippen LogP contribution in [0.5, 0.6) is 11.5 Å². The van der Waals surface area contributed by atoms with E-state index in [1.54, 1.807) is 14.2 Å². The number of hydrogen-bond donors (Lipinski definition) is 1. The van der Waals surface area contributed by atoms with Crippen molar-refractivity contribution < 1.29 is 9.47 Å². The number of allylic oxidation sites excluding steroid dienone is 2. The van der Waals surface area contributed by atoms with Crippen LogP contribution in [0.4, 0.5) is 0 Å². The highest BCUT2D eigenvalue weighted by Crippen LogP contribution is 2.27. The number of nitrogens with two attached hydrogens (primary N) is 1. The first kappa shape index (κ1) is 14.3. The van der Waals surface area contributed by atoms with Crippen LogP contribution in [-0.4, -0.2) is 25.7 Å². The minimum atomic E-state index is 0.729. The number of methoxy groups -OCH3 is 2. The van der Waals surface area contributed by atoms with E-state index in [0.29, 0.717) is 0 Å². The van der Waals surface area contributed by atoms with Gasteiger partial charge in [-0.1, -0.05) is 18.6 Å². The Morgan fingerprint density at radius 2 is 2.00 bits per heavy atom. The first-order valence-electron chi connectivity index (χ1n) is 6.79. The Morgan fingerprint density at radius 1 is 1.20 bits per heavy atom. The van der Waals surface area contributed by atoms with Gasteiger partial charge in [0.15, 0.2) is 0 Å². The maximum atomic E-state index is 6.07. The van der Waals surface area contributed by atoms with Crippen molar-refractivity contribution >= 4 is 0 Å². The summed E-state index contributed by atoms with van der Waals surface area (Å²) in [5.41, 5.74) is 8.55. The molecule has 20 heavy (non-hydrogen) atoms. The molecule has 4 nitrogen and oxygen atoms in total. The van der Waals surface area contributed by atoms with Gasteiger partial charge in [0.05, 0.1) is 20.0 Å². The van der Waals surface area contributed by atoms with Crippen molar-refractivity contribution in [1.29, 1.82) is 0 Å². The Labute approximate surface area is 120 Å². The van der Waals surface area contributed by atoms with Gasteiger partial charge in [0.25, 0.3) is 0 Å². The lowest BCUT2D eigenvalue weighted by molar-refractivity contribution is 0.337. The second kappa shape index (κ2) is 6.37. The van der Waals surface area contributed by atoms with Crippen LogP contribution in [-0.2, 0) is 6.54 Å². The van der Waals surface area contributed by atoms with E-state index < -0.39 is 0 Å². The fraction of sp³-hybridized carbons (Fsp3) is 0.375. The summed E-state index contributed by atoms with van der Waals surface area (Å²) in [5.74, 6) is 2.41. The Kier molecular flexibility index (Phi) is 4.56. The molecule has 4 heteroatoms. The summed E-state index contributed by atoms with van der Waals surface area (Å²) < 4.78 is 10.7. The first-order chi connectivity index (χ1) is 9.67. The Morgan fingerprint density at radius 3 is 2.65 bits per heavy atom. The molecule has 0 bridgehead atoms. The topological polar surface area (TPSA) is 47.7 Å². The van der Waals surface area contributed by atoms with Gasteiger partial charge in [0.2, 0.25) is 0 Å². The normalized spacial score (nSPS) is 14.7. The third-order valence-corrected chi connectivity index (χ3v) is 3.56. The number of rotatable bonds is 5. The van der Waals surface area contributed by atoms with Crippen LogP contribution in [0.3, 0.4) is 0 Å². The van der Waals surface area contributed by atoms with Gasteiger partial charge in [-0.05, 0) is 24.6 Å². The number of benzene rings is 1. The summed E-state index contributed by atoms with van der Waals surface area (Å²) in [6.07, 6.45) is 5.12. The van der Waals surface area contributed by atoms with E-state index >= 15 is 0 Å². The summed E-state index contributed by atoms with van der Waals surface area (Å²) in [6, 6.07) is 5.86. The second-order valence-corrected chi connectivity index (χ2v) is 4.80. The minimum absolute atomic E-state index is 0.729. The fourth-order valence-corrected chi connectivity index (χ4v) is 2.26. The summed E-state index contributed by atoms with van der Waals surface area (Å²) in [6.45, 7) is 3.76. The van der Waals surface area contributed by atoms with E-state index in [9.17, 15) is 0 Å². The van der Waals surface area contributed by atoms with Crippen LogP contribution in [0.1, 0.15) is 18.9 Å². The fourth-order valence-electron chi connectivity index (χ4n) is 2.26.